The molecule has 46 heavy (non-hydrogen) atoms. The Balaban J connectivity index is 1.60. The second-order valence-corrected chi connectivity index (χ2v) is 12.7. The fourth-order valence-electron chi connectivity index (χ4n) is 6.85. The largest absolute Gasteiger partial charge is 0.383 e. The van der Waals surface area contributed by atoms with Crippen LogP contribution in [0, 0.1) is 0 Å². The number of piperidine rings is 3. The SMILES string of the molecule is CCN(CCN1CCCCC1)c1nc(N2CCC(OC)CC2)c2nc(N(CCOC)CCOC)nc(N3CCC(OC)CC3)c2n1. The first kappa shape index (κ1) is 34.7. The second kappa shape index (κ2) is 17.5. The lowest BCUT2D eigenvalue weighted by molar-refractivity contribution is 0.0817. The molecule has 0 saturated carbocycles. The Morgan fingerprint density at radius 2 is 1.09 bits per heavy atom. The van der Waals surface area contributed by atoms with Gasteiger partial charge in [-0.3, -0.25) is 0 Å². The van der Waals surface area contributed by atoms with Gasteiger partial charge in [0.2, 0.25) is 11.9 Å². The highest BCUT2D eigenvalue weighted by Gasteiger charge is 2.30. The molecule has 258 valence electrons. The highest BCUT2D eigenvalue weighted by atomic mass is 16.5. The monoisotopic (exact) mass is 643 g/mol. The molecule has 0 amide bonds. The molecule has 3 aliphatic rings. The number of ether oxygens (including phenoxy) is 4. The van der Waals surface area contributed by atoms with Gasteiger partial charge in [0.15, 0.2) is 11.6 Å². The van der Waals surface area contributed by atoms with E-state index in [2.05, 4.69) is 31.4 Å². The lowest BCUT2D eigenvalue weighted by Crippen LogP contribution is -2.40. The molecule has 0 bridgehead atoms. The first-order chi connectivity index (χ1) is 22.6. The summed E-state index contributed by atoms with van der Waals surface area (Å²) in [5.74, 6) is 3.18. The minimum absolute atomic E-state index is 0.261. The minimum atomic E-state index is 0.261. The molecule has 0 aliphatic carbocycles. The Morgan fingerprint density at radius 1 is 0.609 bits per heavy atom. The summed E-state index contributed by atoms with van der Waals surface area (Å²) in [4.78, 5) is 33.0. The van der Waals surface area contributed by atoms with Crippen molar-refractivity contribution in [1.29, 1.82) is 0 Å². The predicted molar refractivity (Wildman–Crippen MR) is 184 cm³/mol. The second-order valence-electron chi connectivity index (χ2n) is 12.7. The van der Waals surface area contributed by atoms with E-state index < -0.39 is 0 Å². The normalized spacial score (nSPS) is 18.9. The van der Waals surface area contributed by atoms with Gasteiger partial charge in [0.1, 0.15) is 11.0 Å². The van der Waals surface area contributed by atoms with Crippen molar-refractivity contribution in [2.24, 2.45) is 0 Å². The smallest absolute Gasteiger partial charge is 0.228 e. The number of likely N-dealkylation sites (N-methyl/N-ethyl adjacent to an activating group) is 1. The number of hydrogen-bond donors (Lipinski definition) is 0. The van der Waals surface area contributed by atoms with Gasteiger partial charge in [0, 0.05) is 87.3 Å². The number of anilines is 4. The number of fused-ring (bicyclic) bond motifs is 1. The van der Waals surface area contributed by atoms with Crippen LogP contribution in [0.3, 0.4) is 0 Å². The zero-order chi connectivity index (χ0) is 32.3. The van der Waals surface area contributed by atoms with Crippen LogP contribution in [0.2, 0.25) is 0 Å². The van der Waals surface area contributed by atoms with E-state index in [0.29, 0.717) is 32.3 Å². The Morgan fingerprint density at radius 3 is 1.52 bits per heavy atom. The number of likely N-dealkylation sites (tertiary alicyclic amines) is 1. The fraction of sp³-hybridized carbons (Fsp3) is 0.818. The van der Waals surface area contributed by atoms with Gasteiger partial charge in [-0.05, 0) is 58.5 Å². The molecule has 0 atom stereocenters. The summed E-state index contributed by atoms with van der Waals surface area (Å²) in [5.41, 5.74) is 1.63. The third kappa shape index (κ3) is 8.66. The molecule has 2 aromatic rings. The van der Waals surface area contributed by atoms with Crippen LogP contribution in [0.15, 0.2) is 0 Å². The van der Waals surface area contributed by atoms with Gasteiger partial charge in [0.25, 0.3) is 0 Å². The quantitative estimate of drug-likeness (QED) is 0.268. The van der Waals surface area contributed by atoms with Crippen molar-refractivity contribution in [2.45, 2.75) is 64.1 Å². The van der Waals surface area contributed by atoms with E-state index >= 15 is 0 Å². The molecular weight excluding hydrogens is 586 g/mol. The molecule has 3 aliphatic heterocycles. The van der Waals surface area contributed by atoms with Gasteiger partial charge < -0.3 is 43.4 Å². The molecule has 13 heteroatoms. The van der Waals surface area contributed by atoms with E-state index in [1.54, 1.807) is 14.2 Å². The maximum Gasteiger partial charge on any atom is 0.228 e. The van der Waals surface area contributed by atoms with Crippen molar-refractivity contribution < 1.29 is 18.9 Å². The van der Waals surface area contributed by atoms with E-state index in [4.69, 9.17) is 38.9 Å². The molecule has 3 saturated heterocycles. The summed E-state index contributed by atoms with van der Waals surface area (Å²) in [5, 5.41) is 0. The molecule has 0 aromatic carbocycles. The summed E-state index contributed by atoms with van der Waals surface area (Å²) >= 11 is 0. The highest BCUT2D eigenvalue weighted by Crippen LogP contribution is 2.35. The molecule has 0 unspecified atom stereocenters. The maximum absolute atomic E-state index is 5.73. The van der Waals surface area contributed by atoms with Crippen LogP contribution in [-0.4, -0.2) is 151 Å². The van der Waals surface area contributed by atoms with E-state index in [1.165, 1.54) is 32.4 Å². The molecule has 0 N–H and O–H groups in total. The highest BCUT2D eigenvalue weighted by molar-refractivity contribution is 5.95. The van der Waals surface area contributed by atoms with E-state index in [1.807, 2.05) is 14.2 Å². The number of rotatable bonds is 16. The van der Waals surface area contributed by atoms with Gasteiger partial charge in [-0.2, -0.15) is 9.97 Å². The van der Waals surface area contributed by atoms with Crippen molar-refractivity contribution in [3.8, 4) is 0 Å². The van der Waals surface area contributed by atoms with Gasteiger partial charge in [-0.15, -0.1) is 0 Å². The molecule has 0 radical (unpaired) electrons. The number of methoxy groups -OCH3 is 4. The molecule has 5 heterocycles. The average molecular weight is 644 g/mol. The van der Waals surface area contributed by atoms with Crippen LogP contribution < -0.4 is 19.6 Å². The van der Waals surface area contributed by atoms with E-state index in [0.717, 1.165) is 100 Å². The van der Waals surface area contributed by atoms with E-state index in [9.17, 15) is 0 Å². The molecule has 13 nitrogen and oxygen atoms in total. The van der Waals surface area contributed by atoms with Crippen molar-refractivity contribution >= 4 is 34.6 Å². The van der Waals surface area contributed by atoms with Crippen LogP contribution in [-0.2, 0) is 18.9 Å². The number of nitrogens with zero attached hydrogens (tertiary/aromatic N) is 9. The standard InChI is InChI=1S/C33H57N9O4/c1-6-39(21-20-38-14-8-7-9-15-38)32-34-28-29(30(36-32)40-16-10-26(45-4)11-17-40)35-33(42(22-24-43-2)23-25-44-3)37-31(28)41-18-12-27(46-5)13-19-41/h26-27H,6-25H2,1-5H3. The average Bonchev–Trinajstić information content (AvgIpc) is 3.11. The lowest BCUT2D eigenvalue weighted by Gasteiger charge is -2.35. The topological polar surface area (TPSA) is 105 Å². The van der Waals surface area contributed by atoms with Crippen LogP contribution >= 0.6 is 0 Å². The Hall–Kier alpha value is -2.58. The molecular formula is C33H57N9O4. The van der Waals surface area contributed by atoms with Gasteiger partial charge in [-0.25, -0.2) is 9.97 Å². The summed E-state index contributed by atoms with van der Waals surface area (Å²) < 4.78 is 22.4. The predicted octanol–water partition coefficient (Wildman–Crippen LogP) is 3.06. The fourth-order valence-corrected chi connectivity index (χ4v) is 6.85. The van der Waals surface area contributed by atoms with Crippen LogP contribution in [0.4, 0.5) is 23.5 Å². The third-order valence-electron chi connectivity index (χ3n) is 9.85. The van der Waals surface area contributed by atoms with Gasteiger partial charge in [-0.1, -0.05) is 6.42 Å². The summed E-state index contributed by atoms with van der Waals surface area (Å²) in [6.07, 6.45) is 8.23. The van der Waals surface area contributed by atoms with Crippen molar-refractivity contribution in [2.75, 3.05) is 133 Å². The van der Waals surface area contributed by atoms with E-state index in [-0.39, 0.29) is 12.2 Å². The van der Waals surface area contributed by atoms with Crippen LogP contribution in [0.25, 0.3) is 11.0 Å². The first-order valence-corrected chi connectivity index (χ1v) is 17.4. The Kier molecular flexibility index (Phi) is 13.2. The van der Waals surface area contributed by atoms with Crippen LogP contribution in [0.5, 0.6) is 0 Å². The minimum Gasteiger partial charge on any atom is -0.383 e. The lowest BCUT2D eigenvalue weighted by atomic mass is 10.1. The van der Waals surface area contributed by atoms with Gasteiger partial charge in [0.05, 0.1) is 25.4 Å². The number of hydrogen-bond acceptors (Lipinski definition) is 13. The molecule has 0 spiro atoms. The van der Waals surface area contributed by atoms with Crippen molar-refractivity contribution in [1.82, 2.24) is 24.8 Å². The molecule has 5 rings (SSSR count). The zero-order valence-electron chi connectivity index (χ0n) is 29.0. The number of aromatic nitrogens is 4. The first-order valence-electron chi connectivity index (χ1n) is 17.4. The summed E-state index contributed by atoms with van der Waals surface area (Å²) in [6, 6.07) is 0. The third-order valence-corrected chi connectivity index (χ3v) is 9.85. The maximum atomic E-state index is 5.73. The zero-order valence-corrected chi connectivity index (χ0v) is 29.0. The van der Waals surface area contributed by atoms with Crippen molar-refractivity contribution in [3.05, 3.63) is 0 Å². The van der Waals surface area contributed by atoms with Crippen molar-refractivity contribution in [3.63, 3.8) is 0 Å². The molecule has 2 aromatic heterocycles. The molecule has 3 fully saturated rings. The summed E-state index contributed by atoms with van der Waals surface area (Å²) in [7, 11) is 7.07. The Bertz CT molecular complexity index is 1190. The Labute approximate surface area is 275 Å². The van der Waals surface area contributed by atoms with Crippen LogP contribution in [0.1, 0.15) is 51.9 Å². The van der Waals surface area contributed by atoms with Gasteiger partial charge >= 0.3 is 0 Å². The summed E-state index contributed by atoms with van der Waals surface area (Å²) in [6.45, 7) is 13.1.